The molecule has 1 fully saturated rings. The molecule has 0 heterocycles. The lowest BCUT2D eigenvalue weighted by atomic mass is 9.89. The van der Waals surface area contributed by atoms with Gasteiger partial charge < -0.3 is 10.1 Å². The SMILES string of the molecule is CCNC(c1cc(F)ccc1OC)C1CCC(CC)C1. The van der Waals surface area contributed by atoms with Gasteiger partial charge in [-0.3, -0.25) is 0 Å². The van der Waals surface area contributed by atoms with Crippen LogP contribution in [-0.4, -0.2) is 13.7 Å². The average molecular weight is 279 g/mol. The maximum atomic E-state index is 13.6. The molecule has 3 atom stereocenters. The van der Waals surface area contributed by atoms with Gasteiger partial charge in [0.2, 0.25) is 0 Å². The van der Waals surface area contributed by atoms with Gasteiger partial charge in [-0.1, -0.05) is 26.7 Å². The zero-order chi connectivity index (χ0) is 14.5. The molecule has 1 saturated carbocycles. The van der Waals surface area contributed by atoms with E-state index in [-0.39, 0.29) is 11.9 Å². The van der Waals surface area contributed by atoms with E-state index in [1.165, 1.54) is 31.7 Å². The molecule has 0 amide bonds. The van der Waals surface area contributed by atoms with Crippen LogP contribution in [0.3, 0.4) is 0 Å². The van der Waals surface area contributed by atoms with Crippen molar-refractivity contribution in [1.29, 1.82) is 0 Å². The van der Waals surface area contributed by atoms with Crippen LogP contribution < -0.4 is 10.1 Å². The molecule has 20 heavy (non-hydrogen) atoms. The number of methoxy groups -OCH3 is 1. The Morgan fingerprint density at radius 1 is 1.35 bits per heavy atom. The Balaban J connectivity index is 2.26. The molecule has 1 aromatic carbocycles. The van der Waals surface area contributed by atoms with E-state index >= 15 is 0 Å². The van der Waals surface area contributed by atoms with Crippen molar-refractivity contribution < 1.29 is 9.13 Å². The zero-order valence-electron chi connectivity index (χ0n) is 12.8. The van der Waals surface area contributed by atoms with E-state index in [4.69, 9.17) is 4.74 Å². The maximum absolute atomic E-state index is 13.6. The highest BCUT2D eigenvalue weighted by Gasteiger charge is 2.32. The van der Waals surface area contributed by atoms with Gasteiger partial charge in [0.1, 0.15) is 11.6 Å². The molecule has 0 saturated heterocycles. The van der Waals surface area contributed by atoms with E-state index in [2.05, 4.69) is 19.2 Å². The average Bonchev–Trinajstić information content (AvgIpc) is 2.93. The molecule has 3 unspecified atom stereocenters. The molecule has 1 aromatic rings. The topological polar surface area (TPSA) is 21.3 Å². The molecule has 112 valence electrons. The minimum Gasteiger partial charge on any atom is -0.496 e. The van der Waals surface area contributed by atoms with E-state index in [1.54, 1.807) is 19.2 Å². The third kappa shape index (κ3) is 3.32. The smallest absolute Gasteiger partial charge is 0.123 e. The molecule has 0 radical (unpaired) electrons. The summed E-state index contributed by atoms with van der Waals surface area (Å²) in [5.41, 5.74) is 0.969. The number of hydrogen-bond donors (Lipinski definition) is 1. The van der Waals surface area contributed by atoms with Crippen molar-refractivity contribution in [1.82, 2.24) is 5.32 Å². The first kappa shape index (κ1) is 15.3. The van der Waals surface area contributed by atoms with Crippen LogP contribution in [0.15, 0.2) is 18.2 Å². The largest absolute Gasteiger partial charge is 0.496 e. The van der Waals surface area contributed by atoms with E-state index in [9.17, 15) is 4.39 Å². The monoisotopic (exact) mass is 279 g/mol. The second-order valence-corrected chi connectivity index (χ2v) is 5.77. The van der Waals surface area contributed by atoms with Gasteiger partial charge in [-0.2, -0.15) is 0 Å². The Labute approximate surface area is 121 Å². The van der Waals surface area contributed by atoms with Gasteiger partial charge in [0.15, 0.2) is 0 Å². The first-order valence-corrected chi connectivity index (χ1v) is 7.76. The Kier molecular flexibility index (Phi) is 5.41. The van der Waals surface area contributed by atoms with Crippen LogP contribution in [0.1, 0.15) is 51.1 Å². The molecule has 0 aliphatic heterocycles. The standard InChI is InChI=1S/C17H26FNO/c1-4-12-6-7-13(10-12)17(19-5-2)15-11-14(18)8-9-16(15)20-3/h8-9,11-13,17,19H,4-7,10H2,1-3H3. The van der Waals surface area contributed by atoms with Crippen molar-refractivity contribution in [3.05, 3.63) is 29.6 Å². The Hall–Kier alpha value is -1.09. The van der Waals surface area contributed by atoms with Gasteiger partial charge in [-0.25, -0.2) is 4.39 Å². The third-order valence-electron chi connectivity index (χ3n) is 4.58. The quantitative estimate of drug-likeness (QED) is 0.837. The maximum Gasteiger partial charge on any atom is 0.123 e. The fraction of sp³-hybridized carbons (Fsp3) is 0.647. The summed E-state index contributed by atoms with van der Waals surface area (Å²) in [6.45, 7) is 5.25. The third-order valence-corrected chi connectivity index (χ3v) is 4.58. The summed E-state index contributed by atoms with van der Waals surface area (Å²) in [6, 6.07) is 5.03. The summed E-state index contributed by atoms with van der Waals surface area (Å²) in [4.78, 5) is 0. The number of nitrogens with one attached hydrogen (secondary N) is 1. The molecule has 2 rings (SSSR count). The van der Waals surface area contributed by atoms with Crippen LogP contribution >= 0.6 is 0 Å². The highest BCUT2D eigenvalue weighted by Crippen LogP contribution is 2.42. The van der Waals surface area contributed by atoms with Crippen LogP contribution in [0.2, 0.25) is 0 Å². The summed E-state index contributed by atoms with van der Waals surface area (Å²) >= 11 is 0. The minimum absolute atomic E-state index is 0.186. The molecular weight excluding hydrogens is 253 g/mol. The first-order valence-electron chi connectivity index (χ1n) is 7.76. The summed E-state index contributed by atoms with van der Waals surface area (Å²) in [7, 11) is 1.66. The number of ether oxygens (including phenoxy) is 1. The van der Waals surface area contributed by atoms with Crippen molar-refractivity contribution in [3.63, 3.8) is 0 Å². The molecule has 0 spiro atoms. The van der Waals surface area contributed by atoms with Gasteiger partial charge in [0.05, 0.1) is 7.11 Å². The highest BCUT2D eigenvalue weighted by molar-refractivity contribution is 5.37. The lowest BCUT2D eigenvalue weighted by Crippen LogP contribution is -2.27. The van der Waals surface area contributed by atoms with Crippen LogP contribution in [-0.2, 0) is 0 Å². The summed E-state index contributed by atoms with van der Waals surface area (Å²) < 4.78 is 19.1. The molecule has 1 aliphatic carbocycles. The normalized spacial score (nSPS) is 23.8. The van der Waals surface area contributed by atoms with E-state index < -0.39 is 0 Å². The second-order valence-electron chi connectivity index (χ2n) is 5.77. The predicted octanol–water partition coefficient (Wildman–Crippen LogP) is 4.31. The van der Waals surface area contributed by atoms with Crippen molar-refractivity contribution in [2.45, 2.75) is 45.6 Å². The number of benzene rings is 1. The van der Waals surface area contributed by atoms with Crippen LogP contribution in [0.4, 0.5) is 4.39 Å². The molecule has 1 aliphatic rings. The number of rotatable bonds is 6. The number of hydrogen-bond acceptors (Lipinski definition) is 2. The van der Waals surface area contributed by atoms with E-state index in [0.717, 1.165) is 23.8 Å². The van der Waals surface area contributed by atoms with Gasteiger partial charge in [-0.05, 0) is 49.4 Å². The predicted molar refractivity (Wildman–Crippen MR) is 80.5 cm³/mol. The van der Waals surface area contributed by atoms with Gasteiger partial charge >= 0.3 is 0 Å². The minimum atomic E-state index is -0.186. The van der Waals surface area contributed by atoms with Crippen molar-refractivity contribution >= 4 is 0 Å². The molecule has 0 bridgehead atoms. The first-order chi connectivity index (χ1) is 9.69. The van der Waals surface area contributed by atoms with Gasteiger partial charge in [-0.15, -0.1) is 0 Å². The number of halogens is 1. The molecule has 1 N–H and O–H groups in total. The van der Waals surface area contributed by atoms with E-state index in [1.807, 2.05) is 0 Å². The zero-order valence-corrected chi connectivity index (χ0v) is 12.8. The van der Waals surface area contributed by atoms with E-state index in [0.29, 0.717) is 5.92 Å². The Morgan fingerprint density at radius 3 is 2.75 bits per heavy atom. The fourth-order valence-electron chi connectivity index (χ4n) is 3.49. The highest BCUT2D eigenvalue weighted by atomic mass is 19.1. The van der Waals surface area contributed by atoms with Gasteiger partial charge in [0, 0.05) is 11.6 Å². The van der Waals surface area contributed by atoms with Crippen molar-refractivity contribution in [2.75, 3.05) is 13.7 Å². The summed E-state index contributed by atoms with van der Waals surface area (Å²) in [5.74, 6) is 2.00. The van der Waals surface area contributed by atoms with Crippen molar-refractivity contribution in [3.8, 4) is 5.75 Å². The summed E-state index contributed by atoms with van der Waals surface area (Å²) in [5, 5.41) is 3.54. The Bertz CT molecular complexity index is 435. The molecule has 2 nitrogen and oxygen atoms in total. The van der Waals surface area contributed by atoms with Gasteiger partial charge in [0.25, 0.3) is 0 Å². The molecule has 0 aromatic heterocycles. The lowest BCUT2D eigenvalue weighted by molar-refractivity contribution is 0.338. The summed E-state index contributed by atoms with van der Waals surface area (Å²) in [6.07, 6.45) is 4.99. The molecular formula is C17H26FNO. The van der Waals surface area contributed by atoms with Crippen molar-refractivity contribution in [2.24, 2.45) is 11.8 Å². The van der Waals surface area contributed by atoms with Crippen LogP contribution in [0, 0.1) is 17.7 Å². The molecule has 3 heteroatoms. The fourth-order valence-corrected chi connectivity index (χ4v) is 3.49. The van der Waals surface area contributed by atoms with Crippen LogP contribution in [0.25, 0.3) is 0 Å². The lowest BCUT2D eigenvalue weighted by Gasteiger charge is -2.26. The Morgan fingerprint density at radius 2 is 2.15 bits per heavy atom. The second kappa shape index (κ2) is 7.07. The van der Waals surface area contributed by atoms with Crippen LogP contribution in [0.5, 0.6) is 5.75 Å².